The molecule has 136 valence electrons. The Balaban J connectivity index is 3.63. The maximum Gasteiger partial charge on any atom is 0.524 e. The van der Waals surface area contributed by atoms with E-state index in [1.54, 1.807) is 12.1 Å². The quantitative estimate of drug-likeness (QED) is 0.692. The number of benzene rings is 1. The maximum absolute atomic E-state index is 11.5. The van der Waals surface area contributed by atoms with Crippen LogP contribution in [0.2, 0.25) is 0 Å². The van der Waals surface area contributed by atoms with Gasteiger partial charge in [0.15, 0.2) is 0 Å². The minimum Gasteiger partial charge on any atom is -0.481 e. The highest BCUT2D eigenvalue weighted by atomic mass is 31.2. The molecule has 0 saturated carbocycles. The zero-order valence-electron chi connectivity index (χ0n) is 15.1. The lowest BCUT2D eigenvalue weighted by atomic mass is 9.78. The second-order valence-electron chi connectivity index (χ2n) is 8.00. The van der Waals surface area contributed by atoms with Crippen LogP contribution in [-0.2, 0) is 26.6 Å². The van der Waals surface area contributed by atoms with Crippen molar-refractivity contribution in [2.45, 2.75) is 65.2 Å². The van der Waals surface area contributed by atoms with Gasteiger partial charge in [-0.25, -0.2) is 4.57 Å². The molecule has 0 unspecified atom stereocenters. The van der Waals surface area contributed by atoms with E-state index >= 15 is 0 Å². The van der Waals surface area contributed by atoms with Crippen molar-refractivity contribution in [3.8, 4) is 5.75 Å². The van der Waals surface area contributed by atoms with Crippen LogP contribution in [0.25, 0.3) is 0 Å². The lowest BCUT2D eigenvalue weighted by molar-refractivity contribution is -0.136. The highest BCUT2D eigenvalue weighted by Gasteiger charge is 2.31. The first-order chi connectivity index (χ1) is 10.6. The molecule has 24 heavy (non-hydrogen) atoms. The molecule has 0 fully saturated rings. The van der Waals surface area contributed by atoms with Crippen molar-refractivity contribution in [3.05, 3.63) is 28.8 Å². The Kier molecular flexibility index (Phi) is 5.92. The van der Waals surface area contributed by atoms with E-state index in [4.69, 9.17) is 9.63 Å². The van der Waals surface area contributed by atoms with Gasteiger partial charge in [0, 0.05) is 17.5 Å². The third-order valence-corrected chi connectivity index (χ3v) is 4.02. The van der Waals surface area contributed by atoms with Gasteiger partial charge in [-0.3, -0.25) is 14.6 Å². The SMILES string of the molecule is CC(C)(C)c1cc(CCC(=O)O)cc(C(C)(C)C)c1OP(=O)(O)O. The van der Waals surface area contributed by atoms with Crippen LogP contribution < -0.4 is 4.52 Å². The highest BCUT2D eigenvalue weighted by Crippen LogP contribution is 2.47. The molecule has 1 rings (SSSR count). The molecule has 3 N–H and O–H groups in total. The van der Waals surface area contributed by atoms with E-state index in [9.17, 15) is 19.1 Å². The van der Waals surface area contributed by atoms with Crippen molar-refractivity contribution >= 4 is 13.8 Å². The number of carbonyl (C=O) groups is 1. The standard InChI is InChI=1S/C17H27O6P/c1-16(2,3)12-9-11(7-8-14(18)19)10-13(17(4,5)6)15(12)23-24(20,21)22/h9-10H,7-8H2,1-6H3,(H,18,19)(H2,20,21,22). The van der Waals surface area contributed by atoms with Gasteiger partial charge in [0.1, 0.15) is 5.75 Å². The summed E-state index contributed by atoms with van der Waals surface area (Å²) in [5.41, 5.74) is 1.26. The summed E-state index contributed by atoms with van der Waals surface area (Å²) >= 11 is 0. The number of hydrogen-bond donors (Lipinski definition) is 3. The second-order valence-corrected chi connectivity index (χ2v) is 9.16. The fourth-order valence-electron chi connectivity index (χ4n) is 2.42. The average molecular weight is 358 g/mol. The average Bonchev–Trinajstić information content (AvgIpc) is 2.32. The Morgan fingerprint density at radius 3 is 1.75 bits per heavy atom. The Labute approximate surface area is 143 Å². The van der Waals surface area contributed by atoms with Crippen molar-refractivity contribution < 1.29 is 28.8 Å². The molecule has 0 bridgehead atoms. The minimum atomic E-state index is -4.72. The monoisotopic (exact) mass is 358 g/mol. The molecule has 0 saturated heterocycles. The lowest BCUT2D eigenvalue weighted by Gasteiger charge is -2.30. The van der Waals surface area contributed by atoms with Gasteiger partial charge >= 0.3 is 13.8 Å². The topological polar surface area (TPSA) is 104 Å². The van der Waals surface area contributed by atoms with Gasteiger partial charge < -0.3 is 9.63 Å². The predicted molar refractivity (Wildman–Crippen MR) is 92.5 cm³/mol. The summed E-state index contributed by atoms with van der Waals surface area (Å²) in [5, 5.41) is 8.91. The molecule has 0 aromatic heterocycles. The van der Waals surface area contributed by atoms with Gasteiger partial charge in [-0.1, -0.05) is 53.7 Å². The van der Waals surface area contributed by atoms with E-state index in [2.05, 4.69) is 0 Å². The van der Waals surface area contributed by atoms with E-state index in [1.165, 1.54) is 0 Å². The summed E-state index contributed by atoms with van der Waals surface area (Å²) in [6.45, 7) is 11.5. The number of aliphatic carboxylic acids is 1. The van der Waals surface area contributed by atoms with Gasteiger partial charge in [-0.15, -0.1) is 0 Å². The van der Waals surface area contributed by atoms with Crippen LogP contribution in [0.3, 0.4) is 0 Å². The molecule has 0 aliphatic heterocycles. The summed E-state index contributed by atoms with van der Waals surface area (Å²) in [5.74, 6) is -0.706. The van der Waals surface area contributed by atoms with Gasteiger partial charge in [0.2, 0.25) is 0 Å². The molecule has 7 heteroatoms. The van der Waals surface area contributed by atoms with E-state index in [1.807, 2.05) is 41.5 Å². The first-order valence-electron chi connectivity index (χ1n) is 7.76. The number of carboxylic acid groups (broad SMARTS) is 1. The van der Waals surface area contributed by atoms with Gasteiger partial charge in [0.05, 0.1) is 0 Å². The van der Waals surface area contributed by atoms with Crippen molar-refractivity contribution in [1.29, 1.82) is 0 Å². The number of aryl methyl sites for hydroxylation is 1. The summed E-state index contributed by atoms with van der Waals surface area (Å²) in [6, 6.07) is 3.56. The van der Waals surface area contributed by atoms with Crippen LogP contribution in [0.4, 0.5) is 0 Å². The molecule has 6 nitrogen and oxygen atoms in total. The number of phosphoric acid groups is 1. The third-order valence-electron chi connectivity index (χ3n) is 3.60. The van der Waals surface area contributed by atoms with Crippen LogP contribution in [0.5, 0.6) is 5.75 Å². The summed E-state index contributed by atoms with van der Waals surface area (Å²) in [7, 11) is -4.72. The van der Waals surface area contributed by atoms with E-state index < -0.39 is 24.6 Å². The number of rotatable bonds is 5. The molecular formula is C17H27O6P. The van der Waals surface area contributed by atoms with Crippen molar-refractivity contribution in [2.75, 3.05) is 0 Å². The van der Waals surface area contributed by atoms with E-state index in [-0.39, 0.29) is 12.2 Å². The molecule has 0 aliphatic carbocycles. The zero-order valence-corrected chi connectivity index (χ0v) is 16.0. The molecular weight excluding hydrogens is 331 g/mol. The van der Waals surface area contributed by atoms with Crippen molar-refractivity contribution in [1.82, 2.24) is 0 Å². The molecule has 1 aromatic carbocycles. The normalized spacial score (nSPS) is 13.0. The molecule has 0 spiro atoms. The summed E-state index contributed by atoms with van der Waals surface area (Å²) < 4.78 is 16.5. The number of carboxylic acids is 1. The molecule has 0 atom stereocenters. The van der Waals surface area contributed by atoms with E-state index in [0.29, 0.717) is 17.5 Å². The molecule has 0 aliphatic rings. The van der Waals surface area contributed by atoms with Gasteiger partial charge in [-0.2, -0.15) is 0 Å². The fraction of sp³-hybridized carbons (Fsp3) is 0.588. The second kappa shape index (κ2) is 6.87. The predicted octanol–water partition coefficient (Wildman–Crippen LogP) is 3.77. The van der Waals surface area contributed by atoms with Gasteiger partial charge in [-0.05, 0) is 22.8 Å². The smallest absolute Gasteiger partial charge is 0.481 e. The molecule has 0 heterocycles. The Hall–Kier alpha value is -1.36. The largest absolute Gasteiger partial charge is 0.524 e. The molecule has 0 amide bonds. The first-order valence-corrected chi connectivity index (χ1v) is 9.29. The van der Waals surface area contributed by atoms with Crippen LogP contribution in [0, 0.1) is 0 Å². The van der Waals surface area contributed by atoms with Crippen molar-refractivity contribution in [3.63, 3.8) is 0 Å². The third kappa shape index (κ3) is 5.93. The molecule has 0 radical (unpaired) electrons. The number of phosphoric ester groups is 1. The molecule has 1 aromatic rings. The zero-order chi connectivity index (χ0) is 18.9. The van der Waals surface area contributed by atoms with Crippen LogP contribution in [-0.4, -0.2) is 20.9 Å². The first kappa shape index (κ1) is 20.7. The minimum absolute atomic E-state index is 0.00807. The fourth-order valence-corrected chi connectivity index (χ4v) is 2.85. The van der Waals surface area contributed by atoms with Crippen LogP contribution in [0.15, 0.2) is 12.1 Å². The van der Waals surface area contributed by atoms with Crippen LogP contribution >= 0.6 is 7.82 Å². The Bertz CT molecular complexity index is 626. The summed E-state index contributed by atoms with van der Waals surface area (Å²) in [4.78, 5) is 29.5. The lowest BCUT2D eigenvalue weighted by Crippen LogP contribution is -2.20. The Morgan fingerprint density at radius 1 is 1.04 bits per heavy atom. The van der Waals surface area contributed by atoms with Crippen LogP contribution in [0.1, 0.15) is 64.7 Å². The van der Waals surface area contributed by atoms with Gasteiger partial charge in [0.25, 0.3) is 0 Å². The van der Waals surface area contributed by atoms with E-state index in [0.717, 1.165) is 5.56 Å². The maximum atomic E-state index is 11.5. The van der Waals surface area contributed by atoms with Crippen molar-refractivity contribution in [2.24, 2.45) is 0 Å². The Morgan fingerprint density at radius 2 is 1.46 bits per heavy atom. The number of hydrogen-bond acceptors (Lipinski definition) is 3. The highest BCUT2D eigenvalue weighted by molar-refractivity contribution is 7.46. The summed E-state index contributed by atoms with van der Waals surface area (Å²) in [6.07, 6.45) is 0.337.